The Balaban J connectivity index is 1.68. The lowest BCUT2D eigenvalue weighted by molar-refractivity contribution is 0.285. The molecule has 1 aliphatic heterocycles. The molecular weight excluding hydrogens is 335 g/mol. The van der Waals surface area contributed by atoms with E-state index in [0.29, 0.717) is 23.9 Å². The van der Waals surface area contributed by atoms with Crippen molar-refractivity contribution in [1.29, 1.82) is 0 Å². The number of nitrogens with zero attached hydrogens (tertiary/aromatic N) is 2. The maximum absolute atomic E-state index is 13.1. The molecule has 0 radical (unpaired) electrons. The van der Waals surface area contributed by atoms with Gasteiger partial charge in [0.15, 0.2) is 0 Å². The first-order valence-electron chi connectivity index (χ1n) is 7.76. The Morgan fingerprint density at radius 2 is 1.92 bits per heavy atom. The van der Waals surface area contributed by atoms with Gasteiger partial charge in [-0.3, -0.25) is 19.7 Å². The lowest BCUT2D eigenvalue weighted by Gasteiger charge is -2.23. The molecular formula is C16H18ClFN4O2. The van der Waals surface area contributed by atoms with Gasteiger partial charge in [0.05, 0.1) is 0 Å². The van der Waals surface area contributed by atoms with Crippen LogP contribution in [-0.2, 0) is 6.54 Å². The topological polar surface area (TPSA) is 72.2 Å². The van der Waals surface area contributed by atoms with Gasteiger partial charge in [0.1, 0.15) is 11.6 Å². The van der Waals surface area contributed by atoms with Crippen LogP contribution in [0.2, 0.25) is 5.02 Å². The van der Waals surface area contributed by atoms with Crippen molar-refractivity contribution in [1.82, 2.24) is 14.9 Å². The van der Waals surface area contributed by atoms with Crippen LogP contribution in [0.5, 0.6) is 0 Å². The first-order chi connectivity index (χ1) is 11.5. The van der Waals surface area contributed by atoms with Gasteiger partial charge in [-0.05, 0) is 24.1 Å². The summed E-state index contributed by atoms with van der Waals surface area (Å²) in [7, 11) is 0. The van der Waals surface area contributed by atoms with Gasteiger partial charge in [0.25, 0.3) is 5.56 Å². The highest BCUT2D eigenvalue weighted by Crippen LogP contribution is 2.20. The molecule has 0 atom stereocenters. The molecule has 0 amide bonds. The third-order valence-electron chi connectivity index (χ3n) is 4.08. The van der Waals surface area contributed by atoms with Crippen molar-refractivity contribution in [2.24, 2.45) is 0 Å². The van der Waals surface area contributed by atoms with Crippen molar-refractivity contribution in [3.63, 3.8) is 0 Å². The van der Waals surface area contributed by atoms with Crippen LogP contribution in [0.1, 0.15) is 12.0 Å². The van der Waals surface area contributed by atoms with Crippen molar-refractivity contribution in [3.05, 3.63) is 61.5 Å². The van der Waals surface area contributed by atoms with Gasteiger partial charge in [-0.15, -0.1) is 0 Å². The minimum atomic E-state index is -0.503. The minimum Gasteiger partial charge on any atom is -0.357 e. The second kappa shape index (κ2) is 7.19. The van der Waals surface area contributed by atoms with E-state index in [1.807, 2.05) is 4.90 Å². The summed E-state index contributed by atoms with van der Waals surface area (Å²) in [5.74, 6) is 0.189. The van der Waals surface area contributed by atoms with Gasteiger partial charge in [-0.2, -0.15) is 0 Å². The molecule has 0 unspecified atom stereocenters. The Hall–Kier alpha value is -2.12. The van der Waals surface area contributed by atoms with Crippen LogP contribution in [-0.4, -0.2) is 41.0 Å². The summed E-state index contributed by atoms with van der Waals surface area (Å²) >= 11 is 6.09. The first kappa shape index (κ1) is 16.7. The lowest BCUT2D eigenvalue weighted by atomic mass is 10.2. The van der Waals surface area contributed by atoms with E-state index in [2.05, 4.69) is 14.9 Å². The molecule has 0 saturated carbocycles. The second-order valence-electron chi connectivity index (χ2n) is 5.83. The fourth-order valence-electron chi connectivity index (χ4n) is 2.89. The van der Waals surface area contributed by atoms with Crippen LogP contribution in [0.25, 0.3) is 0 Å². The van der Waals surface area contributed by atoms with Crippen LogP contribution < -0.4 is 16.1 Å². The summed E-state index contributed by atoms with van der Waals surface area (Å²) in [4.78, 5) is 31.9. The van der Waals surface area contributed by atoms with Crippen LogP contribution in [0.15, 0.2) is 33.9 Å². The number of H-pyrrole nitrogens is 2. The summed E-state index contributed by atoms with van der Waals surface area (Å²) in [6.45, 7) is 3.67. The van der Waals surface area contributed by atoms with Crippen molar-refractivity contribution >= 4 is 17.4 Å². The van der Waals surface area contributed by atoms with E-state index in [4.69, 9.17) is 11.6 Å². The molecule has 128 valence electrons. The quantitative estimate of drug-likeness (QED) is 0.879. The highest BCUT2D eigenvalue weighted by molar-refractivity contribution is 6.31. The van der Waals surface area contributed by atoms with Crippen LogP contribution in [0.3, 0.4) is 0 Å². The molecule has 0 aliphatic carbocycles. The maximum atomic E-state index is 13.1. The van der Waals surface area contributed by atoms with Crippen molar-refractivity contribution < 1.29 is 4.39 Å². The molecule has 6 nitrogen and oxygen atoms in total. The summed E-state index contributed by atoms with van der Waals surface area (Å²) in [5.41, 5.74) is -0.0271. The number of hydrogen-bond donors (Lipinski definition) is 2. The molecule has 1 aliphatic rings. The number of halogens is 2. The number of aromatic amines is 2. The molecule has 3 rings (SSSR count). The third-order valence-corrected chi connectivity index (χ3v) is 4.44. The van der Waals surface area contributed by atoms with E-state index in [9.17, 15) is 14.0 Å². The SMILES string of the molecule is O=c1cc(N2CCCN(Cc3ccc(F)cc3Cl)CC2)[nH]c(=O)[nH]1. The Bertz CT molecular complexity index is 807. The average molecular weight is 353 g/mol. The highest BCUT2D eigenvalue weighted by atomic mass is 35.5. The summed E-state index contributed by atoms with van der Waals surface area (Å²) in [5, 5.41) is 0.426. The van der Waals surface area contributed by atoms with E-state index >= 15 is 0 Å². The van der Waals surface area contributed by atoms with Gasteiger partial charge in [0.2, 0.25) is 0 Å². The fourth-order valence-corrected chi connectivity index (χ4v) is 3.11. The number of anilines is 1. The maximum Gasteiger partial charge on any atom is 0.327 e. The summed E-state index contributed by atoms with van der Waals surface area (Å²) in [6.07, 6.45) is 0.883. The average Bonchev–Trinajstić information content (AvgIpc) is 2.75. The highest BCUT2D eigenvalue weighted by Gasteiger charge is 2.17. The molecule has 1 aromatic heterocycles. The van der Waals surface area contributed by atoms with Crippen LogP contribution in [0.4, 0.5) is 10.2 Å². The minimum absolute atomic E-state index is 0.343. The second-order valence-corrected chi connectivity index (χ2v) is 6.23. The van der Waals surface area contributed by atoms with E-state index in [1.54, 1.807) is 6.07 Å². The van der Waals surface area contributed by atoms with Crippen molar-refractivity contribution in [2.75, 3.05) is 31.1 Å². The molecule has 8 heteroatoms. The standard InChI is InChI=1S/C16H18ClFN4O2/c17-13-8-12(18)3-2-11(13)10-21-4-1-5-22(7-6-21)14-9-15(23)20-16(24)19-14/h2-3,8-9H,1,4-7,10H2,(H2,19,20,23,24). The molecule has 2 aromatic rings. The van der Waals surface area contributed by atoms with E-state index < -0.39 is 11.2 Å². The van der Waals surface area contributed by atoms with E-state index in [1.165, 1.54) is 18.2 Å². The van der Waals surface area contributed by atoms with Gasteiger partial charge in [-0.1, -0.05) is 17.7 Å². The Morgan fingerprint density at radius 1 is 1.08 bits per heavy atom. The van der Waals surface area contributed by atoms with Crippen LogP contribution >= 0.6 is 11.6 Å². The molecule has 0 bridgehead atoms. The van der Waals surface area contributed by atoms with E-state index in [-0.39, 0.29) is 5.82 Å². The molecule has 1 saturated heterocycles. The lowest BCUT2D eigenvalue weighted by Crippen LogP contribution is -2.33. The van der Waals surface area contributed by atoms with Crippen LogP contribution in [0, 0.1) is 5.82 Å². The Kier molecular flexibility index (Phi) is 5.01. The molecule has 2 N–H and O–H groups in total. The van der Waals surface area contributed by atoms with E-state index in [0.717, 1.165) is 31.6 Å². The Morgan fingerprint density at radius 3 is 2.67 bits per heavy atom. The monoisotopic (exact) mass is 352 g/mol. The molecule has 2 heterocycles. The Labute approximate surface area is 142 Å². The number of rotatable bonds is 3. The van der Waals surface area contributed by atoms with Crippen molar-refractivity contribution in [3.8, 4) is 0 Å². The third kappa shape index (κ3) is 4.04. The van der Waals surface area contributed by atoms with Gasteiger partial charge < -0.3 is 4.90 Å². The number of benzene rings is 1. The normalized spacial score (nSPS) is 16.2. The number of hydrogen-bond acceptors (Lipinski definition) is 4. The zero-order valence-corrected chi connectivity index (χ0v) is 13.8. The molecule has 1 aromatic carbocycles. The predicted octanol–water partition coefficient (Wildman–Crippen LogP) is 1.57. The van der Waals surface area contributed by atoms with Gasteiger partial charge >= 0.3 is 5.69 Å². The summed E-state index contributed by atoms with van der Waals surface area (Å²) < 4.78 is 13.1. The largest absolute Gasteiger partial charge is 0.357 e. The molecule has 0 spiro atoms. The molecule has 24 heavy (non-hydrogen) atoms. The van der Waals surface area contributed by atoms with Crippen molar-refractivity contribution in [2.45, 2.75) is 13.0 Å². The smallest absolute Gasteiger partial charge is 0.327 e. The number of nitrogens with one attached hydrogen (secondary N) is 2. The predicted molar refractivity (Wildman–Crippen MR) is 91.2 cm³/mol. The van der Waals surface area contributed by atoms with Gasteiger partial charge in [-0.25, -0.2) is 9.18 Å². The first-order valence-corrected chi connectivity index (χ1v) is 8.14. The number of aromatic nitrogens is 2. The molecule has 1 fully saturated rings. The van der Waals surface area contributed by atoms with Gasteiger partial charge in [0, 0.05) is 43.8 Å². The zero-order chi connectivity index (χ0) is 17.1. The fraction of sp³-hybridized carbons (Fsp3) is 0.375. The zero-order valence-electron chi connectivity index (χ0n) is 13.0. The summed E-state index contributed by atoms with van der Waals surface area (Å²) in [6, 6.07) is 5.83.